The van der Waals surface area contributed by atoms with E-state index in [0.29, 0.717) is 18.9 Å². The molecule has 10 heteroatoms. The van der Waals surface area contributed by atoms with E-state index in [9.17, 15) is 4.79 Å². The minimum absolute atomic E-state index is 0.0376. The van der Waals surface area contributed by atoms with Crippen LogP contribution in [0.1, 0.15) is 28.0 Å². The third-order valence-corrected chi connectivity index (χ3v) is 4.80. The molecule has 1 amide bonds. The van der Waals surface area contributed by atoms with Crippen LogP contribution in [0.4, 0.5) is 0 Å². The Hall–Kier alpha value is -2.88. The zero-order valence-corrected chi connectivity index (χ0v) is 15.2. The molecule has 4 heterocycles. The fourth-order valence-electron chi connectivity index (χ4n) is 3.50. The molecule has 3 aromatic rings. The molecule has 4 rings (SSSR count). The number of hydrogen-bond acceptors (Lipinski definition) is 7. The van der Waals surface area contributed by atoms with Crippen LogP contribution in [0.5, 0.6) is 0 Å². The Balaban J connectivity index is 1.63. The predicted octanol–water partition coefficient (Wildman–Crippen LogP) is -0.0401. The van der Waals surface area contributed by atoms with Crippen molar-refractivity contribution in [3.05, 3.63) is 35.7 Å². The molecule has 0 spiro atoms. The van der Waals surface area contributed by atoms with Gasteiger partial charge in [0.05, 0.1) is 18.3 Å². The minimum atomic E-state index is -0.193. The van der Waals surface area contributed by atoms with Gasteiger partial charge in [-0.2, -0.15) is 4.98 Å². The Morgan fingerprint density at radius 1 is 1.23 bits per heavy atom. The lowest BCUT2D eigenvalue weighted by atomic mass is 10.1. The molecular weight excluding hydrogens is 334 g/mol. The summed E-state index contributed by atoms with van der Waals surface area (Å²) < 4.78 is 3.42. The SMILES string of the molecule is Cc1cc(C)n2nc(C(=O)N3C[C@@H](N(C)C)[C@@H](n4ccnn4)C3)nc2n1. The molecule has 0 saturated carbocycles. The molecule has 1 fully saturated rings. The predicted molar refractivity (Wildman–Crippen MR) is 92.7 cm³/mol. The summed E-state index contributed by atoms with van der Waals surface area (Å²) in [6, 6.07) is 2.09. The first kappa shape index (κ1) is 16.6. The Bertz CT molecular complexity index is 946. The quantitative estimate of drug-likeness (QED) is 0.650. The van der Waals surface area contributed by atoms with E-state index in [1.54, 1.807) is 15.6 Å². The molecule has 0 N–H and O–H groups in total. The van der Waals surface area contributed by atoms with Gasteiger partial charge in [0.15, 0.2) is 0 Å². The van der Waals surface area contributed by atoms with E-state index in [0.717, 1.165) is 11.4 Å². The lowest BCUT2D eigenvalue weighted by Gasteiger charge is -2.24. The maximum atomic E-state index is 13.0. The van der Waals surface area contributed by atoms with Gasteiger partial charge in [-0.25, -0.2) is 14.2 Å². The molecular formula is C16H21N9O. The lowest BCUT2D eigenvalue weighted by Crippen LogP contribution is -2.37. The van der Waals surface area contributed by atoms with Crippen LogP contribution in [0.25, 0.3) is 5.78 Å². The van der Waals surface area contributed by atoms with Gasteiger partial charge in [-0.3, -0.25) is 4.79 Å². The van der Waals surface area contributed by atoms with E-state index in [1.807, 2.05) is 44.9 Å². The summed E-state index contributed by atoms with van der Waals surface area (Å²) in [5.74, 6) is 0.423. The highest BCUT2D eigenvalue weighted by molar-refractivity contribution is 5.91. The van der Waals surface area contributed by atoms with Crippen molar-refractivity contribution in [1.82, 2.24) is 44.4 Å². The number of carbonyl (C=O) groups is 1. The lowest BCUT2D eigenvalue weighted by molar-refractivity contribution is 0.0769. The summed E-state index contributed by atoms with van der Waals surface area (Å²) in [6.45, 7) is 4.93. The highest BCUT2D eigenvalue weighted by atomic mass is 16.2. The van der Waals surface area contributed by atoms with Crippen LogP contribution in [0.15, 0.2) is 18.5 Å². The van der Waals surface area contributed by atoms with E-state index in [2.05, 4.69) is 30.3 Å². The zero-order valence-electron chi connectivity index (χ0n) is 15.2. The molecule has 1 aliphatic rings. The van der Waals surface area contributed by atoms with Crippen LogP contribution in [0.2, 0.25) is 0 Å². The van der Waals surface area contributed by atoms with Gasteiger partial charge in [-0.15, -0.1) is 10.2 Å². The molecule has 1 saturated heterocycles. The van der Waals surface area contributed by atoms with Crippen molar-refractivity contribution in [3.63, 3.8) is 0 Å². The summed E-state index contributed by atoms with van der Waals surface area (Å²) >= 11 is 0. The second kappa shape index (κ2) is 6.13. The number of nitrogens with zero attached hydrogens (tertiary/aromatic N) is 9. The second-order valence-corrected chi connectivity index (χ2v) is 6.88. The average Bonchev–Trinajstić information content (AvgIpc) is 3.31. The monoisotopic (exact) mass is 355 g/mol. The molecule has 10 nitrogen and oxygen atoms in total. The number of likely N-dealkylation sites (tertiary alicyclic amines) is 1. The number of carbonyl (C=O) groups excluding carboxylic acids is 1. The third-order valence-electron chi connectivity index (χ3n) is 4.80. The molecule has 2 atom stereocenters. The van der Waals surface area contributed by atoms with Crippen LogP contribution < -0.4 is 0 Å². The van der Waals surface area contributed by atoms with E-state index in [-0.39, 0.29) is 23.8 Å². The number of fused-ring (bicyclic) bond motifs is 1. The fraction of sp³-hybridized carbons (Fsp3) is 0.500. The van der Waals surface area contributed by atoms with Gasteiger partial charge in [0, 0.05) is 30.7 Å². The average molecular weight is 355 g/mol. The molecule has 0 radical (unpaired) electrons. The van der Waals surface area contributed by atoms with E-state index >= 15 is 0 Å². The molecule has 26 heavy (non-hydrogen) atoms. The maximum absolute atomic E-state index is 13.0. The summed E-state index contributed by atoms with van der Waals surface area (Å²) in [4.78, 5) is 25.6. The third kappa shape index (κ3) is 2.71. The van der Waals surface area contributed by atoms with Crippen LogP contribution in [0, 0.1) is 13.8 Å². The Morgan fingerprint density at radius 2 is 2.04 bits per heavy atom. The first-order valence-corrected chi connectivity index (χ1v) is 8.46. The van der Waals surface area contributed by atoms with Crippen molar-refractivity contribution < 1.29 is 4.79 Å². The van der Waals surface area contributed by atoms with Crippen molar-refractivity contribution in [2.45, 2.75) is 25.9 Å². The van der Waals surface area contributed by atoms with E-state index in [4.69, 9.17) is 0 Å². The van der Waals surface area contributed by atoms with Crippen molar-refractivity contribution in [3.8, 4) is 0 Å². The highest BCUT2D eigenvalue weighted by Crippen LogP contribution is 2.25. The Labute approximate surface area is 150 Å². The molecule has 3 aromatic heterocycles. The first-order valence-electron chi connectivity index (χ1n) is 8.46. The fourth-order valence-corrected chi connectivity index (χ4v) is 3.50. The highest BCUT2D eigenvalue weighted by Gasteiger charge is 2.39. The van der Waals surface area contributed by atoms with Crippen LogP contribution in [-0.4, -0.2) is 83.5 Å². The van der Waals surface area contributed by atoms with Gasteiger partial charge >= 0.3 is 0 Å². The number of aryl methyl sites for hydroxylation is 2. The molecule has 0 bridgehead atoms. The van der Waals surface area contributed by atoms with Crippen LogP contribution in [0.3, 0.4) is 0 Å². The van der Waals surface area contributed by atoms with Crippen molar-refractivity contribution in [2.75, 3.05) is 27.2 Å². The van der Waals surface area contributed by atoms with Gasteiger partial charge in [0.2, 0.25) is 5.82 Å². The van der Waals surface area contributed by atoms with Crippen molar-refractivity contribution >= 4 is 11.7 Å². The van der Waals surface area contributed by atoms with E-state index in [1.165, 1.54) is 0 Å². The minimum Gasteiger partial charge on any atom is -0.332 e. The van der Waals surface area contributed by atoms with Gasteiger partial charge < -0.3 is 9.80 Å². The summed E-state index contributed by atoms with van der Waals surface area (Å²) in [5.41, 5.74) is 1.74. The standard InChI is InChI=1S/C16H21N9O/c1-10-7-11(2)25-16(18-10)19-14(20-25)15(26)23-8-12(22(3)4)13(9-23)24-6-5-17-21-24/h5-7,12-13H,8-9H2,1-4H3/t12-,13+/m1/s1. The number of hydrogen-bond donors (Lipinski definition) is 0. The first-order chi connectivity index (χ1) is 12.4. The topological polar surface area (TPSA) is 97.3 Å². The van der Waals surface area contributed by atoms with Gasteiger partial charge in [0.25, 0.3) is 11.7 Å². The van der Waals surface area contributed by atoms with E-state index < -0.39 is 0 Å². The van der Waals surface area contributed by atoms with Crippen molar-refractivity contribution in [1.29, 1.82) is 0 Å². The van der Waals surface area contributed by atoms with Gasteiger partial charge in [-0.05, 0) is 34.0 Å². The maximum Gasteiger partial charge on any atom is 0.293 e. The Morgan fingerprint density at radius 3 is 2.73 bits per heavy atom. The van der Waals surface area contributed by atoms with Crippen LogP contribution in [-0.2, 0) is 0 Å². The van der Waals surface area contributed by atoms with Gasteiger partial charge in [0.1, 0.15) is 0 Å². The largest absolute Gasteiger partial charge is 0.332 e. The van der Waals surface area contributed by atoms with Crippen molar-refractivity contribution in [2.24, 2.45) is 0 Å². The summed E-state index contributed by atoms with van der Waals surface area (Å²) in [5, 5.41) is 12.4. The number of likely N-dealkylation sites (N-methyl/N-ethyl adjacent to an activating group) is 1. The number of aromatic nitrogens is 7. The summed E-state index contributed by atoms with van der Waals surface area (Å²) in [7, 11) is 4.00. The molecule has 0 aromatic carbocycles. The molecule has 1 aliphatic heterocycles. The van der Waals surface area contributed by atoms with Crippen LogP contribution >= 0.6 is 0 Å². The Kier molecular flexibility index (Phi) is 3.91. The smallest absolute Gasteiger partial charge is 0.293 e. The zero-order chi connectivity index (χ0) is 18.4. The number of amides is 1. The van der Waals surface area contributed by atoms with Gasteiger partial charge in [-0.1, -0.05) is 5.21 Å². The second-order valence-electron chi connectivity index (χ2n) is 6.88. The number of rotatable bonds is 3. The molecule has 136 valence electrons. The normalized spacial score (nSPS) is 20.4. The summed E-state index contributed by atoms with van der Waals surface area (Å²) in [6.07, 6.45) is 3.48. The molecule has 0 unspecified atom stereocenters. The molecule has 0 aliphatic carbocycles.